The molecule has 0 amide bonds. The molecular formula is C26H29NO4. The van der Waals surface area contributed by atoms with Crippen LogP contribution in [-0.2, 0) is 0 Å². The van der Waals surface area contributed by atoms with Crippen molar-refractivity contribution in [2.75, 3.05) is 33.9 Å². The van der Waals surface area contributed by atoms with E-state index in [-0.39, 0.29) is 6.10 Å². The van der Waals surface area contributed by atoms with Crippen molar-refractivity contribution < 1.29 is 18.9 Å². The molecule has 162 valence electrons. The highest BCUT2D eigenvalue weighted by Gasteiger charge is 2.28. The number of nitrogens with one attached hydrogen (secondary N) is 1. The quantitative estimate of drug-likeness (QED) is 0.512. The van der Waals surface area contributed by atoms with Crippen molar-refractivity contribution >= 4 is 0 Å². The molecular weight excluding hydrogens is 390 g/mol. The van der Waals surface area contributed by atoms with Crippen molar-refractivity contribution in [3.8, 4) is 23.0 Å². The summed E-state index contributed by atoms with van der Waals surface area (Å²) in [5.41, 5.74) is 2.59. The third kappa shape index (κ3) is 4.94. The molecule has 0 saturated carbocycles. The lowest BCUT2D eigenvalue weighted by molar-refractivity contribution is 0.159. The smallest absolute Gasteiger partial charge is 0.203 e. The topological polar surface area (TPSA) is 49.0 Å². The lowest BCUT2D eigenvalue weighted by Crippen LogP contribution is -2.37. The molecule has 2 atom stereocenters. The molecule has 0 fully saturated rings. The first-order valence-electron chi connectivity index (χ1n) is 10.6. The van der Waals surface area contributed by atoms with Gasteiger partial charge in [-0.05, 0) is 30.2 Å². The molecule has 4 rings (SSSR count). The molecule has 1 aliphatic heterocycles. The second-order valence-electron chi connectivity index (χ2n) is 7.52. The average Bonchev–Trinajstić information content (AvgIpc) is 2.83. The number of methoxy groups -OCH3 is 2. The van der Waals surface area contributed by atoms with Crippen LogP contribution >= 0.6 is 0 Å². The Balaban J connectivity index is 1.34. The minimum absolute atomic E-state index is 0.0981. The Morgan fingerprint density at radius 1 is 0.871 bits per heavy atom. The van der Waals surface area contributed by atoms with Gasteiger partial charge in [0.05, 0.1) is 14.2 Å². The van der Waals surface area contributed by atoms with Gasteiger partial charge in [0.1, 0.15) is 18.5 Å². The standard InChI is InChI=1S/C26H29NO4/c1-28-24-13-8-14-25(29-2)26(24)30-16-15-27-18-20-17-22(19-9-4-3-5-10-19)21-11-6-7-12-23(21)31-20/h3-14,20,22,27H,15-18H2,1-2H3/t20-,22+/m1/s1. The number of fused-ring (bicyclic) bond motifs is 1. The maximum Gasteiger partial charge on any atom is 0.203 e. The van der Waals surface area contributed by atoms with Crippen molar-refractivity contribution in [3.63, 3.8) is 0 Å². The largest absolute Gasteiger partial charge is 0.493 e. The third-order valence-electron chi connectivity index (χ3n) is 5.57. The van der Waals surface area contributed by atoms with Gasteiger partial charge in [-0.1, -0.05) is 54.6 Å². The van der Waals surface area contributed by atoms with E-state index in [1.807, 2.05) is 24.3 Å². The summed E-state index contributed by atoms with van der Waals surface area (Å²) >= 11 is 0. The van der Waals surface area contributed by atoms with Gasteiger partial charge < -0.3 is 24.3 Å². The number of hydrogen-bond acceptors (Lipinski definition) is 5. The van der Waals surface area contributed by atoms with E-state index in [4.69, 9.17) is 18.9 Å². The Labute approximate surface area is 183 Å². The summed E-state index contributed by atoms with van der Waals surface area (Å²) in [4.78, 5) is 0. The molecule has 1 N–H and O–H groups in total. The van der Waals surface area contributed by atoms with E-state index < -0.39 is 0 Å². The Hall–Kier alpha value is -3.18. The normalized spacial score (nSPS) is 17.4. The predicted molar refractivity (Wildman–Crippen MR) is 122 cm³/mol. The molecule has 0 spiro atoms. The molecule has 0 unspecified atom stereocenters. The molecule has 0 bridgehead atoms. The zero-order valence-electron chi connectivity index (χ0n) is 18.0. The predicted octanol–water partition coefficient (Wildman–Crippen LogP) is 4.66. The van der Waals surface area contributed by atoms with Crippen molar-refractivity contribution in [2.24, 2.45) is 0 Å². The fourth-order valence-corrected chi connectivity index (χ4v) is 4.07. The van der Waals surface area contributed by atoms with Crippen LogP contribution in [0, 0.1) is 0 Å². The number of para-hydroxylation sites is 2. The van der Waals surface area contributed by atoms with Crippen LogP contribution in [0.4, 0.5) is 0 Å². The van der Waals surface area contributed by atoms with Gasteiger partial charge in [0.2, 0.25) is 5.75 Å². The second kappa shape index (κ2) is 10.2. The fourth-order valence-electron chi connectivity index (χ4n) is 4.07. The van der Waals surface area contributed by atoms with Gasteiger partial charge in [-0.3, -0.25) is 0 Å². The first kappa shape index (κ1) is 21.1. The van der Waals surface area contributed by atoms with Gasteiger partial charge in [0, 0.05) is 24.6 Å². The van der Waals surface area contributed by atoms with Gasteiger partial charge in [-0.15, -0.1) is 0 Å². The molecule has 5 heteroatoms. The zero-order chi connectivity index (χ0) is 21.5. The van der Waals surface area contributed by atoms with E-state index in [0.29, 0.717) is 36.3 Å². The molecule has 0 aliphatic carbocycles. The van der Waals surface area contributed by atoms with Crippen LogP contribution < -0.4 is 24.3 Å². The minimum Gasteiger partial charge on any atom is -0.493 e. The summed E-state index contributed by atoms with van der Waals surface area (Å²) < 4.78 is 23.0. The molecule has 31 heavy (non-hydrogen) atoms. The summed E-state index contributed by atoms with van der Waals surface area (Å²) in [6.45, 7) is 1.95. The Morgan fingerprint density at radius 2 is 1.58 bits per heavy atom. The number of rotatable bonds is 9. The molecule has 3 aromatic rings. The van der Waals surface area contributed by atoms with Crippen molar-refractivity contribution in [1.82, 2.24) is 5.32 Å². The molecule has 5 nitrogen and oxygen atoms in total. The zero-order valence-corrected chi connectivity index (χ0v) is 18.0. The van der Waals surface area contributed by atoms with Gasteiger partial charge in [0.25, 0.3) is 0 Å². The number of hydrogen-bond donors (Lipinski definition) is 1. The van der Waals surface area contributed by atoms with Crippen LogP contribution in [0.2, 0.25) is 0 Å². The van der Waals surface area contributed by atoms with Gasteiger partial charge in [0.15, 0.2) is 11.5 Å². The maximum absolute atomic E-state index is 6.28. The number of ether oxygens (including phenoxy) is 4. The summed E-state index contributed by atoms with van der Waals surface area (Å²) in [7, 11) is 3.25. The summed E-state index contributed by atoms with van der Waals surface area (Å²) in [6.07, 6.45) is 1.04. The lowest BCUT2D eigenvalue weighted by atomic mass is 9.84. The maximum atomic E-state index is 6.28. The summed E-state index contributed by atoms with van der Waals surface area (Å²) in [6, 6.07) is 24.6. The first-order valence-corrected chi connectivity index (χ1v) is 10.6. The minimum atomic E-state index is 0.0981. The molecule has 1 aliphatic rings. The van der Waals surface area contributed by atoms with Crippen molar-refractivity contribution in [2.45, 2.75) is 18.4 Å². The number of benzene rings is 3. The summed E-state index contributed by atoms with van der Waals surface area (Å²) in [5, 5.41) is 3.47. The Bertz CT molecular complexity index is 954. The third-order valence-corrected chi connectivity index (χ3v) is 5.57. The SMILES string of the molecule is COc1cccc(OC)c1OCCNC[C@H]1C[C@@H](c2ccccc2)c2ccccc2O1. The highest BCUT2D eigenvalue weighted by molar-refractivity contribution is 5.51. The Kier molecular flexibility index (Phi) is 6.95. The van der Waals surface area contributed by atoms with Crippen LogP contribution in [0.25, 0.3) is 0 Å². The van der Waals surface area contributed by atoms with E-state index in [1.165, 1.54) is 11.1 Å². The first-order chi connectivity index (χ1) is 15.3. The molecule has 0 aromatic heterocycles. The second-order valence-corrected chi connectivity index (χ2v) is 7.52. The van der Waals surface area contributed by atoms with E-state index in [9.17, 15) is 0 Å². The van der Waals surface area contributed by atoms with Crippen LogP contribution in [0.15, 0.2) is 72.8 Å². The summed E-state index contributed by atoms with van der Waals surface area (Å²) in [5.74, 6) is 3.27. The monoisotopic (exact) mass is 419 g/mol. The van der Waals surface area contributed by atoms with E-state index in [0.717, 1.165) is 18.7 Å². The molecule has 0 saturated heterocycles. The van der Waals surface area contributed by atoms with Crippen molar-refractivity contribution in [1.29, 1.82) is 0 Å². The van der Waals surface area contributed by atoms with E-state index >= 15 is 0 Å². The molecule has 1 heterocycles. The Morgan fingerprint density at radius 3 is 2.32 bits per heavy atom. The van der Waals surface area contributed by atoms with Crippen molar-refractivity contribution in [3.05, 3.63) is 83.9 Å². The van der Waals surface area contributed by atoms with E-state index in [2.05, 4.69) is 53.8 Å². The van der Waals surface area contributed by atoms with Gasteiger partial charge >= 0.3 is 0 Å². The van der Waals surface area contributed by atoms with E-state index in [1.54, 1.807) is 14.2 Å². The van der Waals surface area contributed by atoms with Crippen LogP contribution in [-0.4, -0.2) is 40.0 Å². The van der Waals surface area contributed by atoms with Crippen LogP contribution in [0.5, 0.6) is 23.0 Å². The van der Waals surface area contributed by atoms with Gasteiger partial charge in [-0.2, -0.15) is 0 Å². The fraction of sp³-hybridized carbons (Fsp3) is 0.308. The highest BCUT2D eigenvalue weighted by Crippen LogP contribution is 2.40. The van der Waals surface area contributed by atoms with Crippen LogP contribution in [0.3, 0.4) is 0 Å². The molecule has 0 radical (unpaired) electrons. The van der Waals surface area contributed by atoms with Crippen LogP contribution in [0.1, 0.15) is 23.5 Å². The molecule has 3 aromatic carbocycles. The average molecular weight is 420 g/mol. The highest BCUT2D eigenvalue weighted by atomic mass is 16.5. The lowest BCUT2D eigenvalue weighted by Gasteiger charge is -2.32. The van der Waals surface area contributed by atoms with Gasteiger partial charge in [-0.25, -0.2) is 0 Å².